The van der Waals surface area contributed by atoms with Crippen LogP contribution >= 0.6 is 0 Å². The molecule has 4 rings (SSSR count). The smallest absolute Gasteiger partial charge is 0.269 e. The summed E-state index contributed by atoms with van der Waals surface area (Å²) in [7, 11) is -2.27. The van der Waals surface area contributed by atoms with E-state index in [0.717, 1.165) is 24.0 Å². The van der Waals surface area contributed by atoms with Gasteiger partial charge < -0.3 is 15.0 Å². The molecule has 1 aliphatic heterocycles. The Morgan fingerprint density at radius 2 is 2.00 bits per heavy atom. The maximum absolute atomic E-state index is 13.5. The van der Waals surface area contributed by atoms with Crippen LogP contribution in [0.3, 0.4) is 0 Å². The van der Waals surface area contributed by atoms with Crippen LogP contribution in [-0.2, 0) is 26.0 Å². The van der Waals surface area contributed by atoms with E-state index in [1.54, 1.807) is 42.5 Å². The summed E-state index contributed by atoms with van der Waals surface area (Å²) in [5, 5.41) is 4.09. The van der Waals surface area contributed by atoms with Gasteiger partial charge in [0.25, 0.3) is 10.0 Å². The topological polar surface area (TPSA) is 106 Å². The van der Waals surface area contributed by atoms with Crippen molar-refractivity contribution < 1.29 is 17.9 Å². The monoisotopic (exact) mass is 497 g/mol. The van der Waals surface area contributed by atoms with Gasteiger partial charge in [0, 0.05) is 31.9 Å². The van der Waals surface area contributed by atoms with Crippen LogP contribution in [0.4, 0.5) is 5.82 Å². The summed E-state index contributed by atoms with van der Waals surface area (Å²) in [4.78, 5) is 23.1. The third-order valence-electron chi connectivity index (χ3n) is 6.46. The van der Waals surface area contributed by atoms with Crippen LogP contribution in [0.15, 0.2) is 54.3 Å². The van der Waals surface area contributed by atoms with Crippen LogP contribution in [0, 0.1) is 6.92 Å². The Kier molecular flexibility index (Phi) is 7.23. The number of fused-ring (bicyclic) bond motifs is 1. The zero-order chi connectivity index (χ0) is 25.2. The number of hydrogen-bond acceptors (Lipinski definition) is 7. The zero-order valence-corrected chi connectivity index (χ0v) is 21.1. The molecule has 10 heteroatoms. The average molecular weight is 498 g/mol. The van der Waals surface area contributed by atoms with Gasteiger partial charge in [-0.1, -0.05) is 24.3 Å². The van der Waals surface area contributed by atoms with Crippen molar-refractivity contribution in [2.75, 3.05) is 25.6 Å². The number of aryl methyl sites for hydroxylation is 1. The van der Waals surface area contributed by atoms with E-state index in [9.17, 15) is 13.2 Å². The van der Waals surface area contributed by atoms with E-state index in [-0.39, 0.29) is 22.9 Å². The van der Waals surface area contributed by atoms with Gasteiger partial charge >= 0.3 is 0 Å². The van der Waals surface area contributed by atoms with Crippen LogP contribution in [0.25, 0.3) is 11.0 Å². The fourth-order valence-electron chi connectivity index (χ4n) is 4.47. The fourth-order valence-corrected chi connectivity index (χ4v) is 5.81. The second kappa shape index (κ2) is 10.2. The van der Waals surface area contributed by atoms with Crippen molar-refractivity contribution in [3.05, 3.63) is 60.6 Å². The van der Waals surface area contributed by atoms with E-state index >= 15 is 0 Å². The van der Waals surface area contributed by atoms with Gasteiger partial charge in [0.15, 0.2) is 5.65 Å². The Morgan fingerprint density at radius 1 is 1.26 bits per heavy atom. The van der Waals surface area contributed by atoms with Gasteiger partial charge in [-0.3, -0.25) is 4.79 Å². The van der Waals surface area contributed by atoms with Crippen molar-refractivity contribution in [3.8, 4) is 0 Å². The number of methoxy groups -OCH3 is 1. The average Bonchev–Trinajstić information content (AvgIpc) is 3.24. The Balaban J connectivity index is 1.76. The summed E-state index contributed by atoms with van der Waals surface area (Å²) in [6.07, 6.45) is 6.49. The van der Waals surface area contributed by atoms with E-state index in [2.05, 4.69) is 21.9 Å². The number of benzene rings is 1. The Bertz CT molecular complexity index is 1330. The van der Waals surface area contributed by atoms with Gasteiger partial charge in [-0.05, 0) is 56.9 Å². The number of anilines is 1. The maximum atomic E-state index is 13.5. The summed E-state index contributed by atoms with van der Waals surface area (Å²) in [5.74, 6) is 0.442. The number of ether oxygens (including phenoxy) is 1. The molecule has 0 spiro atoms. The molecular formula is C25H31N5O4S. The van der Waals surface area contributed by atoms with Gasteiger partial charge in [-0.15, -0.1) is 0 Å². The van der Waals surface area contributed by atoms with Crippen molar-refractivity contribution in [2.45, 2.75) is 50.1 Å². The summed E-state index contributed by atoms with van der Waals surface area (Å²) in [6, 6.07) is 6.82. The van der Waals surface area contributed by atoms with E-state index < -0.39 is 10.0 Å². The molecule has 1 aliphatic rings. The molecule has 1 aromatic carbocycles. The second-order valence-electron chi connectivity index (χ2n) is 8.89. The first-order valence-corrected chi connectivity index (χ1v) is 13.1. The highest BCUT2D eigenvalue weighted by molar-refractivity contribution is 7.90. The minimum Gasteiger partial charge on any atom is -0.384 e. The molecule has 0 saturated carbocycles. The second-order valence-corrected chi connectivity index (χ2v) is 10.7. The van der Waals surface area contributed by atoms with Crippen LogP contribution in [0.1, 0.15) is 30.9 Å². The van der Waals surface area contributed by atoms with Gasteiger partial charge in [-0.2, -0.15) is 0 Å². The van der Waals surface area contributed by atoms with E-state index in [0.29, 0.717) is 36.4 Å². The highest BCUT2D eigenvalue weighted by Gasteiger charge is 2.29. The van der Waals surface area contributed by atoms with Gasteiger partial charge in [0.1, 0.15) is 12.1 Å². The molecule has 2 aromatic heterocycles. The first-order chi connectivity index (χ1) is 16.8. The molecule has 35 heavy (non-hydrogen) atoms. The first-order valence-electron chi connectivity index (χ1n) is 11.6. The van der Waals surface area contributed by atoms with Gasteiger partial charge in [0.2, 0.25) is 5.91 Å². The molecule has 1 saturated heterocycles. The van der Waals surface area contributed by atoms with Crippen LogP contribution < -0.4 is 5.32 Å². The predicted molar refractivity (Wildman–Crippen MR) is 135 cm³/mol. The summed E-state index contributed by atoms with van der Waals surface area (Å²) >= 11 is 0. The van der Waals surface area contributed by atoms with Crippen LogP contribution in [-0.4, -0.2) is 65.5 Å². The zero-order valence-electron chi connectivity index (χ0n) is 20.3. The number of likely N-dealkylation sites (tertiary alicyclic amines) is 1. The summed E-state index contributed by atoms with van der Waals surface area (Å²) < 4.78 is 33.6. The highest BCUT2D eigenvalue weighted by atomic mass is 32.2. The number of nitrogens with one attached hydrogen (secondary N) is 1. The Hall–Kier alpha value is -3.24. The Morgan fingerprint density at radius 3 is 2.69 bits per heavy atom. The lowest BCUT2D eigenvalue weighted by molar-refractivity contribution is -0.129. The number of carbonyl (C=O) groups is 1. The predicted octanol–water partition coefficient (Wildman–Crippen LogP) is 3.14. The molecule has 3 heterocycles. The first kappa shape index (κ1) is 24.9. The molecule has 0 unspecified atom stereocenters. The highest BCUT2D eigenvalue weighted by Crippen LogP contribution is 2.31. The molecule has 0 bridgehead atoms. The van der Waals surface area contributed by atoms with Crippen LogP contribution in [0.2, 0.25) is 0 Å². The number of amides is 1. The third-order valence-corrected chi connectivity index (χ3v) is 8.13. The van der Waals surface area contributed by atoms with Crippen molar-refractivity contribution in [1.82, 2.24) is 18.8 Å². The fraction of sp³-hybridized carbons (Fsp3) is 0.400. The number of piperidine rings is 1. The molecule has 2 atom stereocenters. The molecule has 1 N–H and O–H groups in total. The molecular weight excluding hydrogens is 466 g/mol. The van der Waals surface area contributed by atoms with E-state index in [1.165, 1.54) is 16.4 Å². The van der Waals surface area contributed by atoms with Crippen molar-refractivity contribution in [3.63, 3.8) is 0 Å². The lowest BCUT2D eigenvalue weighted by Gasteiger charge is -2.38. The maximum Gasteiger partial charge on any atom is 0.269 e. The molecule has 186 valence electrons. The normalized spacial score (nSPS) is 18.5. The summed E-state index contributed by atoms with van der Waals surface area (Å²) in [6.45, 7) is 8.47. The lowest BCUT2D eigenvalue weighted by atomic mass is 9.99. The number of hydrogen-bond donors (Lipinski definition) is 1. The van der Waals surface area contributed by atoms with Crippen molar-refractivity contribution in [1.29, 1.82) is 0 Å². The largest absolute Gasteiger partial charge is 0.384 e. The molecule has 0 radical (unpaired) electrons. The quantitative estimate of drug-likeness (QED) is 0.477. The van der Waals surface area contributed by atoms with Crippen LogP contribution in [0.5, 0.6) is 0 Å². The number of aromatic nitrogens is 3. The van der Waals surface area contributed by atoms with E-state index in [1.807, 2.05) is 13.8 Å². The molecule has 1 fully saturated rings. The molecule has 9 nitrogen and oxygen atoms in total. The molecule has 1 amide bonds. The van der Waals surface area contributed by atoms with Crippen molar-refractivity contribution in [2.24, 2.45) is 0 Å². The third kappa shape index (κ3) is 4.94. The lowest BCUT2D eigenvalue weighted by Crippen LogP contribution is -2.49. The SMILES string of the molecule is C=CC(=O)N1C[C@H](Nc2ncnc3c2c(CCOC)cn3S(=O)(=O)c2ccc(C)cc2)CC[C@@H]1C. The number of rotatable bonds is 8. The van der Waals surface area contributed by atoms with Gasteiger partial charge in [0.05, 0.1) is 16.9 Å². The minimum absolute atomic E-state index is 0.0412. The van der Waals surface area contributed by atoms with E-state index in [4.69, 9.17) is 4.74 Å². The molecule has 3 aromatic rings. The van der Waals surface area contributed by atoms with Crippen molar-refractivity contribution >= 4 is 32.8 Å². The number of nitrogens with zero attached hydrogens (tertiary/aromatic N) is 4. The summed E-state index contributed by atoms with van der Waals surface area (Å²) in [5.41, 5.74) is 2.04. The Labute approximate surface area is 205 Å². The van der Waals surface area contributed by atoms with Gasteiger partial charge in [-0.25, -0.2) is 22.4 Å². The standard InChI is InChI=1S/C25H31N5O4S/c1-5-22(31)29-15-20(9-8-18(29)3)28-24-23-19(12-13-34-4)14-30(25(23)27-16-26-24)35(32,33)21-10-6-17(2)7-11-21/h5-7,10-11,14,16,18,20H,1,8-9,12-13,15H2,2-4H3,(H,26,27,28)/t18-,20+/m0/s1. The molecule has 0 aliphatic carbocycles. The minimum atomic E-state index is -3.87. The number of carbonyl (C=O) groups excluding carboxylic acids is 1.